The Morgan fingerprint density at radius 2 is 2.14 bits per heavy atom. The maximum absolute atomic E-state index is 12.3. The Kier molecular flexibility index (Phi) is 5.27. The van der Waals surface area contributed by atoms with Crippen LogP contribution in [-0.2, 0) is 21.4 Å². The Morgan fingerprint density at radius 3 is 2.67 bits per heavy atom. The van der Waals surface area contributed by atoms with Crippen molar-refractivity contribution in [3.8, 4) is 0 Å². The molecule has 0 heterocycles. The highest BCUT2D eigenvalue weighted by Crippen LogP contribution is 2.48. The zero-order valence-electron chi connectivity index (χ0n) is 11.9. The number of nitrogens with one attached hydrogen (secondary N) is 1. The van der Waals surface area contributed by atoms with Gasteiger partial charge in [-0.15, -0.1) is 0 Å². The fraction of sp³-hybridized carbons (Fsp3) is 0.571. The number of ether oxygens (including phenoxy) is 1. The van der Waals surface area contributed by atoms with Crippen LogP contribution >= 0.6 is 11.6 Å². The van der Waals surface area contributed by atoms with Gasteiger partial charge in [0.15, 0.2) is 0 Å². The summed E-state index contributed by atoms with van der Waals surface area (Å²) in [5.74, 6) is 0. The second-order valence-electron chi connectivity index (χ2n) is 5.48. The van der Waals surface area contributed by atoms with Crippen molar-refractivity contribution < 1.29 is 18.3 Å². The average molecular weight is 334 g/mol. The largest absolute Gasteiger partial charge is 0.392 e. The molecule has 0 radical (unpaired) electrons. The number of methoxy groups -OCH3 is 1. The first-order chi connectivity index (χ1) is 9.92. The number of benzene rings is 1. The van der Waals surface area contributed by atoms with E-state index in [1.165, 1.54) is 18.2 Å². The summed E-state index contributed by atoms with van der Waals surface area (Å²) < 4.78 is 32.2. The van der Waals surface area contributed by atoms with Gasteiger partial charge in [-0.2, -0.15) is 0 Å². The van der Waals surface area contributed by atoms with Crippen LogP contribution in [0.25, 0.3) is 0 Å². The van der Waals surface area contributed by atoms with Crippen LogP contribution in [0.3, 0.4) is 0 Å². The molecule has 1 aromatic carbocycles. The molecule has 0 atom stereocenters. The Bertz CT molecular complexity index is 599. The molecule has 1 aliphatic rings. The normalized spacial score (nSPS) is 16.9. The van der Waals surface area contributed by atoms with Crippen LogP contribution in [0.4, 0.5) is 0 Å². The average Bonchev–Trinajstić information content (AvgIpc) is 3.24. The third-order valence-corrected chi connectivity index (χ3v) is 5.69. The van der Waals surface area contributed by atoms with Crippen molar-refractivity contribution in [2.24, 2.45) is 5.41 Å². The Balaban J connectivity index is 2.03. The van der Waals surface area contributed by atoms with E-state index in [0.29, 0.717) is 18.7 Å². The standard InChI is InChI=1S/C14H20ClNO4S/c1-20-7-6-14(4-5-14)10-16-21(18,19)12-3-2-11(9-17)13(15)8-12/h2-3,8,16-17H,4-7,9-10H2,1H3. The van der Waals surface area contributed by atoms with Crippen molar-refractivity contribution in [1.29, 1.82) is 0 Å². The highest BCUT2D eigenvalue weighted by Gasteiger charge is 2.42. The van der Waals surface area contributed by atoms with Gasteiger partial charge in [-0.05, 0) is 42.4 Å². The summed E-state index contributed by atoms with van der Waals surface area (Å²) in [6.07, 6.45) is 2.89. The minimum atomic E-state index is -3.58. The van der Waals surface area contributed by atoms with Gasteiger partial charge in [0.2, 0.25) is 10.0 Å². The van der Waals surface area contributed by atoms with Gasteiger partial charge in [0.05, 0.1) is 11.5 Å². The van der Waals surface area contributed by atoms with E-state index in [2.05, 4.69) is 4.72 Å². The Morgan fingerprint density at radius 1 is 1.43 bits per heavy atom. The number of halogens is 1. The van der Waals surface area contributed by atoms with Crippen molar-refractivity contribution in [1.82, 2.24) is 4.72 Å². The van der Waals surface area contributed by atoms with E-state index in [4.69, 9.17) is 21.4 Å². The van der Waals surface area contributed by atoms with Gasteiger partial charge >= 0.3 is 0 Å². The molecule has 2 rings (SSSR count). The first-order valence-electron chi connectivity index (χ1n) is 6.80. The summed E-state index contributed by atoms with van der Waals surface area (Å²) in [5, 5.41) is 9.30. The third kappa shape index (κ3) is 4.17. The molecule has 1 aliphatic carbocycles. The van der Waals surface area contributed by atoms with Gasteiger partial charge in [-0.3, -0.25) is 0 Å². The lowest BCUT2D eigenvalue weighted by molar-refractivity contribution is 0.173. The zero-order valence-corrected chi connectivity index (χ0v) is 13.5. The third-order valence-electron chi connectivity index (χ3n) is 3.94. The second kappa shape index (κ2) is 6.62. The van der Waals surface area contributed by atoms with E-state index in [0.717, 1.165) is 19.3 Å². The van der Waals surface area contributed by atoms with Gasteiger partial charge in [0.1, 0.15) is 0 Å². The number of hydrogen-bond acceptors (Lipinski definition) is 4. The number of aliphatic hydroxyl groups excluding tert-OH is 1. The highest BCUT2D eigenvalue weighted by molar-refractivity contribution is 7.89. The fourth-order valence-electron chi connectivity index (χ4n) is 2.17. The molecule has 7 heteroatoms. The molecule has 21 heavy (non-hydrogen) atoms. The quantitative estimate of drug-likeness (QED) is 0.762. The number of hydrogen-bond donors (Lipinski definition) is 2. The minimum absolute atomic E-state index is 0.0396. The topological polar surface area (TPSA) is 75.6 Å². The first kappa shape index (κ1) is 16.7. The van der Waals surface area contributed by atoms with Crippen molar-refractivity contribution in [2.45, 2.75) is 30.8 Å². The lowest BCUT2D eigenvalue weighted by Crippen LogP contribution is -2.31. The molecule has 1 saturated carbocycles. The van der Waals surface area contributed by atoms with Gasteiger partial charge in [0, 0.05) is 25.3 Å². The van der Waals surface area contributed by atoms with E-state index < -0.39 is 10.0 Å². The van der Waals surface area contributed by atoms with E-state index >= 15 is 0 Å². The summed E-state index contributed by atoms with van der Waals surface area (Å²) in [5.41, 5.74) is 0.548. The van der Waals surface area contributed by atoms with Crippen LogP contribution in [0.5, 0.6) is 0 Å². The predicted molar refractivity (Wildman–Crippen MR) is 80.7 cm³/mol. The predicted octanol–water partition coefficient (Wildman–Crippen LogP) is 1.93. The Labute approximate surface area is 130 Å². The van der Waals surface area contributed by atoms with Crippen LogP contribution in [0.15, 0.2) is 23.1 Å². The maximum Gasteiger partial charge on any atom is 0.240 e. The van der Waals surface area contributed by atoms with E-state index in [-0.39, 0.29) is 21.9 Å². The SMILES string of the molecule is COCCC1(CNS(=O)(=O)c2ccc(CO)c(Cl)c2)CC1. The summed E-state index contributed by atoms with van der Waals surface area (Å²) >= 11 is 5.94. The van der Waals surface area contributed by atoms with Crippen molar-refractivity contribution in [3.05, 3.63) is 28.8 Å². The number of aliphatic hydroxyl groups is 1. The van der Waals surface area contributed by atoms with Crippen LogP contribution in [0.2, 0.25) is 5.02 Å². The van der Waals surface area contributed by atoms with Crippen LogP contribution < -0.4 is 4.72 Å². The smallest absolute Gasteiger partial charge is 0.240 e. The molecule has 118 valence electrons. The van der Waals surface area contributed by atoms with Crippen LogP contribution in [0, 0.1) is 5.41 Å². The van der Waals surface area contributed by atoms with Gasteiger partial charge in [0.25, 0.3) is 0 Å². The second-order valence-corrected chi connectivity index (χ2v) is 7.65. The molecule has 0 saturated heterocycles. The molecular formula is C14H20ClNO4S. The lowest BCUT2D eigenvalue weighted by atomic mass is 10.0. The molecule has 0 unspecified atom stereocenters. The fourth-order valence-corrected chi connectivity index (χ4v) is 3.65. The zero-order chi connectivity index (χ0) is 15.5. The van der Waals surface area contributed by atoms with Crippen molar-refractivity contribution >= 4 is 21.6 Å². The molecular weight excluding hydrogens is 314 g/mol. The molecule has 0 amide bonds. The molecule has 0 aliphatic heterocycles. The first-order valence-corrected chi connectivity index (χ1v) is 8.66. The summed E-state index contributed by atoms with van der Waals surface area (Å²) in [6, 6.07) is 4.34. The molecule has 1 aromatic rings. The monoisotopic (exact) mass is 333 g/mol. The number of sulfonamides is 1. The van der Waals surface area contributed by atoms with Crippen molar-refractivity contribution in [2.75, 3.05) is 20.3 Å². The highest BCUT2D eigenvalue weighted by atomic mass is 35.5. The van der Waals surface area contributed by atoms with E-state index in [9.17, 15) is 8.42 Å². The van der Waals surface area contributed by atoms with Gasteiger partial charge in [-0.1, -0.05) is 17.7 Å². The molecule has 0 aromatic heterocycles. The molecule has 1 fully saturated rings. The number of rotatable bonds is 8. The summed E-state index contributed by atoms with van der Waals surface area (Å²) in [6.45, 7) is 0.837. The summed E-state index contributed by atoms with van der Waals surface area (Å²) in [7, 11) is -1.94. The van der Waals surface area contributed by atoms with Crippen LogP contribution in [0.1, 0.15) is 24.8 Å². The van der Waals surface area contributed by atoms with E-state index in [1.807, 2.05) is 0 Å². The van der Waals surface area contributed by atoms with Crippen LogP contribution in [-0.4, -0.2) is 33.8 Å². The maximum atomic E-state index is 12.3. The van der Waals surface area contributed by atoms with Crippen molar-refractivity contribution in [3.63, 3.8) is 0 Å². The van der Waals surface area contributed by atoms with Gasteiger partial charge < -0.3 is 9.84 Å². The molecule has 0 bridgehead atoms. The Hall–Kier alpha value is -0.660. The minimum Gasteiger partial charge on any atom is -0.392 e. The summed E-state index contributed by atoms with van der Waals surface area (Å²) in [4.78, 5) is 0.118. The molecule has 2 N–H and O–H groups in total. The van der Waals surface area contributed by atoms with Gasteiger partial charge in [-0.25, -0.2) is 13.1 Å². The van der Waals surface area contributed by atoms with E-state index in [1.54, 1.807) is 7.11 Å². The lowest BCUT2D eigenvalue weighted by Gasteiger charge is -2.16. The molecule has 0 spiro atoms. The molecule has 5 nitrogen and oxygen atoms in total.